The third-order valence-corrected chi connectivity index (χ3v) is 6.12. The number of anilines is 2. The minimum atomic E-state index is 0.656. The Labute approximate surface area is 129 Å². The zero-order valence-corrected chi connectivity index (χ0v) is 13.4. The summed E-state index contributed by atoms with van der Waals surface area (Å²) in [6, 6.07) is 2.16. The lowest BCUT2D eigenvalue weighted by Crippen LogP contribution is -2.39. The van der Waals surface area contributed by atoms with E-state index in [4.69, 9.17) is 4.98 Å². The van der Waals surface area contributed by atoms with Gasteiger partial charge in [0.1, 0.15) is 10.6 Å². The molecule has 0 amide bonds. The predicted octanol–water partition coefficient (Wildman–Crippen LogP) is 3.89. The number of hydrogen-bond donors (Lipinski definition) is 1. The molecule has 2 aromatic heterocycles. The Balaban J connectivity index is 1.63. The van der Waals surface area contributed by atoms with E-state index in [1.54, 1.807) is 11.3 Å². The van der Waals surface area contributed by atoms with E-state index in [9.17, 15) is 0 Å². The Kier molecular flexibility index (Phi) is 3.25. The van der Waals surface area contributed by atoms with E-state index in [0.29, 0.717) is 5.41 Å². The fourth-order valence-electron chi connectivity index (χ4n) is 4.01. The van der Waals surface area contributed by atoms with Crippen molar-refractivity contribution in [1.82, 2.24) is 9.97 Å². The topological polar surface area (TPSA) is 41.1 Å². The first-order valence-electron chi connectivity index (χ1n) is 7.98. The molecule has 3 heterocycles. The smallest absolute Gasteiger partial charge is 0.225 e. The average molecular weight is 302 g/mol. The molecule has 0 radical (unpaired) electrons. The highest BCUT2D eigenvalue weighted by Gasteiger charge is 2.37. The molecule has 0 bridgehead atoms. The molecule has 0 atom stereocenters. The number of thiophene rings is 1. The van der Waals surface area contributed by atoms with Crippen LogP contribution in [0.3, 0.4) is 0 Å². The van der Waals surface area contributed by atoms with Gasteiger partial charge in [-0.05, 0) is 42.5 Å². The van der Waals surface area contributed by atoms with Gasteiger partial charge in [0.2, 0.25) is 5.95 Å². The van der Waals surface area contributed by atoms with E-state index >= 15 is 0 Å². The van der Waals surface area contributed by atoms with Crippen LogP contribution in [0.15, 0.2) is 11.4 Å². The second-order valence-corrected chi connectivity index (χ2v) is 7.35. The number of piperidine rings is 1. The van der Waals surface area contributed by atoms with Crippen LogP contribution in [0.2, 0.25) is 0 Å². The van der Waals surface area contributed by atoms with Crippen molar-refractivity contribution >= 4 is 33.3 Å². The van der Waals surface area contributed by atoms with Crippen molar-refractivity contribution in [3.05, 3.63) is 11.4 Å². The summed E-state index contributed by atoms with van der Waals surface area (Å²) in [5, 5.41) is 6.42. The summed E-state index contributed by atoms with van der Waals surface area (Å²) in [7, 11) is 1.89. The molecule has 4 nitrogen and oxygen atoms in total. The minimum Gasteiger partial charge on any atom is -0.357 e. The van der Waals surface area contributed by atoms with Gasteiger partial charge in [0, 0.05) is 20.1 Å². The fourth-order valence-corrected chi connectivity index (χ4v) is 4.77. The zero-order chi connectivity index (χ0) is 14.3. The van der Waals surface area contributed by atoms with Crippen molar-refractivity contribution in [3.8, 4) is 0 Å². The normalized spacial score (nSPS) is 21.3. The van der Waals surface area contributed by atoms with E-state index in [1.807, 2.05) is 7.05 Å². The van der Waals surface area contributed by atoms with Crippen LogP contribution in [0.25, 0.3) is 10.2 Å². The van der Waals surface area contributed by atoms with Crippen LogP contribution >= 0.6 is 11.3 Å². The Hall–Kier alpha value is -1.36. The Bertz CT molecular complexity index is 635. The lowest BCUT2D eigenvalue weighted by molar-refractivity contribution is 0.226. The Morgan fingerprint density at radius 1 is 1.14 bits per heavy atom. The van der Waals surface area contributed by atoms with Gasteiger partial charge in [-0.2, -0.15) is 4.98 Å². The first-order valence-corrected chi connectivity index (χ1v) is 8.86. The van der Waals surface area contributed by atoms with Crippen LogP contribution < -0.4 is 10.2 Å². The van der Waals surface area contributed by atoms with Gasteiger partial charge < -0.3 is 10.2 Å². The summed E-state index contributed by atoms with van der Waals surface area (Å²) in [4.78, 5) is 12.9. The number of nitrogens with zero attached hydrogens (tertiary/aromatic N) is 3. The van der Waals surface area contributed by atoms with Crippen molar-refractivity contribution < 1.29 is 0 Å². The first kappa shape index (κ1) is 13.3. The third kappa shape index (κ3) is 2.27. The summed E-state index contributed by atoms with van der Waals surface area (Å²) in [6.45, 7) is 2.29. The van der Waals surface area contributed by atoms with Crippen molar-refractivity contribution in [3.63, 3.8) is 0 Å². The van der Waals surface area contributed by atoms with Crippen molar-refractivity contribution in [2.24, 2.45) is 5.41 Å². The molecule has 1 N–H and O–H groups in total. The molecule has 2 aromatic rings. The number of rotatable bonds is 2. The number of hydrogen-bond acceptors (Lipinski definition) is 5. The van der Waals surface area contributed by atoms with Crippen LogP contribution in [-0.4, -0.2) is 30.1 Å². The van der Waals surface area contributed by atoms with Gasteiger partial charge in [-0.3, -0.25) is 0 Å². The maximum atomic E-state index is 4.74. The molecule has 112 valence electrons. The zero-order valence-electron chi connectivity index (χ0n) is 12.6. The SMILES string of the molecule is CNc1nc(N2CCC3(CCCC3)CC2)c2ccsc2n1. The first-order chi connectivity index (χ1) is 10.3. The molecule has 1 aliphatic carbocycles. The predicted molar refractivity (Wildman–Crippen MR) is 89.3 cm³/mol. The summed E-state index contributed by atoms with van der Waals surface area (Å²) in [6.07, 6.45) is 8.42. The third-order valence-electron chi connectivity index (χ3n) is 5.32. The van der Waals surface area contributed by atoms with Crippen LogP contribution in [0.5, 0.6) is 0 Å². The van der Waals surface area contributed by atoms with Gasteiger partial charge in [-0.25, -0.2) is 4.98 Å². The molecule has 2 fully saturated rings. The summed E-state index contributed by atoms with van der Waals surface area (Å²) < 4.78 is 0. The van der Waals surface area contributed by atoms with Crippen LogP contribution in [0.4, 0.5) is 11.8 Å². The van der Waals surface area contributed by atoms with E-state index in [1.165, 1.54) is 43.9 Å². The molecular formula is C16H22N4S. The standard InChI is InChI=1S/C16H22N4S/c1-17-15-18-13(12-4-11-21-14(12)19-15)20-9-7-16(8-10-20)5-2-3-6-16/h4,11H,2-3,5-10H2,1H3,(H,17,18,19). The molecule has 5 heteroatoms. The molecule has 1 saturated heterocycles. The molecule has 1 aliphatic heterocycles. The Morgan fingerprint density at radius 2 is 1.90 bits per heavy atom. The largest absolute Gasteiger partial charge is 0.357 e. The second kappa shape index (κ2) is 5.13. The maximum absolute atomic E-state index is 4.74. The second-order valence-electron chi connectivity index (χ2n) is 6.45. The van der Waals surface area contributed by atoms with Crippen molar-refractivity contribution in [1.29, 1.82) is 0 Å². The molecule has 1 spiro atoms. The lowest BCUT2D eigenvalue weighted by Gasteiger charge is -2.40. The maximum Gasteiger partial charge on any atom is 0.225 e. The molecule has 0 aromatic carbocycles. The monoisotopic (exact) mass is 302 g/mol. The number of nitrogens with one attached hydrogen (secondary N) is 1. The molecule has 21 heavy (non-hydrogen) atoms. The average Bonchev–Trinajstić information content (AvgIpc) is 3.16. The summed E-state index contributed by atoms with van der Waals surface area (Å²) >= 11 is 1.70. The van der Waals surface area contributed by atoms with E-state index in [0.717, 1.165) is 29.7 Å². The van der Waals surface area contributed by atoms with Crippen LogP contribution in [-0.2, 0) is 0 Å². The van der Waals surface area contributed by atoms with Gasteiger partial charge in [0.25, 0.3) is 0 Å². The van der Waals surface area contributed by atoms with E-state index in [2.05, 4.69) is 26.6 Å². The molecule has 1 saturated carbocycles. The number of fused-ring (bicyclic) bond motifs is 1. The van der Waals surface area contributed by atoms with Crippen molar-refractivity contribution in [2.45, 2.75) is 38.5 Å². The molecule has 0 unspecified atom stereocenters. The molecule has 2 aliphatic rings. The quantitative estimate of drug-likeness (QED) is 0.913. The highest BCUT2D eigenvalue weighted by Crippen LogP contribution is 2.47. The van der Waals surface area contributed by atoms with Crippen LogP contribution in [0, 0.1) is 5.41 Å². The van der Waals surface area contributed by atoms with Crippen molar-refractivity contribution in [2.75, 3.05) is 30.4 Å². The molecule has 4 rings (SSSR count). The van der Waals surface area contributed by atoms with Gasteiger partial charge >= 0.3 is 0 Å². The van der Waals surface area contributed by atoms with E-state index < -0.39 is 0 Å². The van der Waals surface area contributed by atoms with Gasteiger partial charge in [0.15, 0.2) is 0 Å². The van der Waals surface area contributed by atoms with Gasteiger partial charge in [0.05, 0.1) is 5.39 Å². The van der Waals surface area contributed by atoms with Gasteiger partial charge in [-0.15, -0.1) is 11.3 Å². The van der Waals surface area contributed by atoms with E-state index in [-0.39, 0.29) is 0 Å². The minimum absolute atomic E-state index is 0.656. The van der Waals surface area contributed by atoms with Crippen LogP contribution in [0.1, 0.15) is 38.5 Å². The number of aromatic nitrogens is 2. The molecular weight excluding hydrogens is 280 g/mol. The fraction of sp³-hybridized carbons (Fsp3) is 0.625. The van der Waals surface area contributed by atoms with Gasteiger partial charge in [-0.1, -0.05) is 12.8 Å². The summed E-state index contributed by atoms with van der Waals surface area (Å²) in [5.74, 6) is 1.86. The summed E-state index contributed by atoms with van der Waals surface area (Å²) in [5.41, 5.74) is 0.656. The lowest BCUT2D eigenvalue weighted by atomic mass is 9.77. The highest BCUT2D eigenvalue weighted by atomic mass is 32.1. The highest BCUT2D eigenvalue weighted by molar-refractivity contribution is 7.16. The Morgan fingerprint density at radius 3 is 2.62 bits per heavy atom.